The molecule has 6 heteroatoms. The predicted molar refractivity (Wildman–Crippen MR) is 101 cm³/mol. The topological polar surface area (TPSA) is 83.7 Å². The quantitative estimate of drug-likeness (QED) is 0.571. The van der Waals surface area contributed by atoms with E-state index < -0.39 is 21.8 Å². The van der Waals surface area contributed by atoms with Gasteiger partial charge >= 0.3 is 5.69 Å². The summed E-state index contributed by atoms with van der Waals surface area (Å²) in [5, 5.41) is 22.1. The molecule has 0 bridgehead atoms. The highest BCUT2D eigenvalue weighted by molar-refractivity contribution is 6.13. The van der Waals surface area contributed by atoms with Crippen molar-refractivity contribution in [1.29, 1.82) is 0 Å². The first kappa shape index (κ1) is 16.8. The van der Waals surface area contributed by atoms with Gasteiger partial charge in [-0.1, -0.05) is 60.7 Å². The summed E-state index contributed by atoms with van der Waals surface area (Å²) in [6.07, 6.45) is 0. The van der Waals surface area contributed by atoms with Gasteiger partial charge in [-0.3, -0.25) is 14.9 Å². The van der Waals surface area contributed by atoms with Crippen LogP contribution in [0, 0.1) is 10.1 Å². The Labute approximate surface area is 155 Å². The lowest BCUT2D eigenvalue weighted by molar-refractivity contribution is -0.386. The Kier molecular flexibility index (Phi) is 3.70. The number of phenolic OH excluding ortho intramolecular Hbond substituents is 1. The highest BCUT2D eigenvalue weighted by Crippen LogP contribution is 2.53. The summed E-state index contributed by atoms with van der Waals surface area (Å²) in [5.74, 6) is -0.768. The Morgan fingerprint density at radius 3 is 2.26 bits per heavy atom. The summed E-state index contributed by atoms with van der Waals surface area (Å²) >= 11 is 0. The summed E-state index contributed by atoms with van der Waals surface area (Å²) in [6, 6.07) is 20.6. The van der Waals surface area contributed by atoms with Crippen LogP contribution in [0.5, 0.6) is 5.75 Å². The van der Waals surface area contributed by atoms with Crippen LogP contribution >= 0.6 is 0 Å². The number of nitro groups is 1. The molecule has 3 aromatic rings. The Morgan fingerprint density at radius 2 is 1.56 bits per heavy atom. The average Bonchev–Trinajstić information content (AvgIpc) is 2.91. The molecule has 3 aromatic carbocycles. The number of hydrogen-bond donors (Lipinski definition) is 1. The largest absolute Gasteiger partial charge is 0.502 e. The summed E-state index contributed by atoms with van der Waals surface area (Å²) in [6.45, 7) is 0. The molecule has 1 heterocycles. The molecule has 27 heavy (non-hydrogen) atoms. The first-order valence-electron chi connectivity index (χ1n) is 8.39. The van der Waals surface area contributed by atoms with Crippen molar-refractivity contribution < 1.29 is 14.8 Å². The maximum atomic E-state index is 13.6. The fourth-order valence-corrected chi connectivity index (χ4v) is 3.92. The van der Waals surface area contributed by atoms with Crippen molar-refractivity contribution >= 4 is 17.3 Å². The number of benzene rings is 3. The van der Waals surface area contributed by atoms with Gasteiger partial charge in [0.1, 0.15) is 5.41 Å². The van der Waals surface area contributed by atoms with E-state index in [1.54, 1.807) is 37.4 Å². The van der Waals surface area contributed by atoms with Crippen molar-refractivity contribution in [2.75, 3.05) is 11.9 Å². The molecule has 1 aliphatic rings. The maximum absolute atomic E-state index is 13.6. The second-order valence-corrected chi connectivity index (χ2v) is 6.43. The number of rotatable bonds is 3. The van der Waals surface area contributed by atoms with Gasteiger partial charge in [-0.15, -0.1) is 0 Å². The molecule has 0 fully saturated rings. The minimum Gasteiger partial charge on any atom is -0.502 e. The van der Waals surface area contributed by atoms with Gasteiger partial charge in [0.25, 0.3) is 0 Å². The highest BCUT2D eigenvalue weighted by atomic mass is 16.6. The fraction of sp³-hybridized carbons (Fsp3) is 0.0952. The zero-order chi connectivity index (χ0) is 19.2. The van der Waals surface area contributed by atoms with Crippen LogP contribution in [-0.2, 0) is 10.2 Å². The maximum Gasteiger partial charge on any atom is 0.311 e. The molecule has 0 aliphatic carbocycles. The Bertz CT molecular complexity index is 1060. The van der Waals surface area contributed by atoms with E-state index in [9.17, 15) is 20.0 Å². The van der Waals surface area contributed by atoms with E-state index in [1.807, 2.05) is 30.3 Å². The van der Waals surface area contributed by atoms with E-state index in [4.69, 9.17) is 0 Å². The molecule has 1 N–H and O–H groups in total. The zero-order valence-electron chi connectivity index (χ0n) is 14.5. The van der Waals surface area contributed by atoms with E-state index in [0.717, 1.165) is 0 Å². The van der Waals surface area contributed by atoms with E-state index in [0.29, 0.717) is 16.8 Å². The Balaban J connectivity index is 2.15. The number of nitro benzene ring substituents is 1. The average molecular weight is 360 g/mol. The molecule has 0 saturated heterocycles. The number of anilines is 1. The molecular weight excluding hydrogens is 344 g/mol. The van der Waals surface area contributed by atoms with Gasteiger partial charge in [0.2, 0.25) is 5.91 Å². The molecule has 0 saturated carbocycles. The smallest absolute Gasteiger partial charge is 0.311 e. The number of carbonyl (C=O) groups excluding carboxylic acids is 1. The Morgan fingerprint density at radius 1 is 0.926 bits per heavy atom. The number of amides is 1. The Hall–Kier alpha value is -3.67. The third-order valence-electron chi connectivity index (χ3n) is 5.12. The van der Waals surface area contributed by atoms with Crippen LogP contribution in [0.3, 0.4) is 0 Å². The molecule has 0 spiro atoms. The van der Waals surface area contributed by atoms with Crippen molar-refractivity contribution in [3.8, 4) is 5.75 Å². The summed E-state index contributed by atoms with van der Waals surface area (Å²) in [5.41, 5.74) is 0.439. The van der Waals surface area contributed by atoms with Gasteiger partial charge in [0.05, 0.1) is 4.92 Å². The second kappa shape index (κ2) is 5.95. The van der Waals surface area contributed by atoms with Gasteiger partial charge < -0.3 is 10.0 Å². The summed E-state index contributed by atoms with van der Waals surface area (Å²) < 4.78 is 0. The number of nitrogens with zero attached hydrogens (tertiary/aromatic N) is 2. The van der Waals surface area contributed by atoms with Crippen molar-refractivity contribution in [1.82, 2.24) is 0 Å². The lowest BCUT2D eigenvalue weighted by Gasteiger charge is -2.30. The fourth-order valence-electron chi connectivity index (χ4n) is 3.92. The zero-order valence-corrected chi connectivity index (χ0v) is 14.5. The van der Waals surface area contributed by atoms with Crippen LogP contribution in [0.1, 0.15) is 16.7 Å². The number of likely N-dealkylation sites (N-methyl/N-ethyl adjacent to an activating group) is 1. The molecule has 0 aromatic heterocycles. The van der Waals surface area contributed by atoms with E-state index in [1.165, 1.54) is 17.0 Å². The summed E-state index contributed by atoms with van der Waals surface area (Å²) in [4.78, 5) is 25.8. The van der Waals surface area contributed by atoms with Gasteiger partial charge in [-0.05, 0) is 11.6 Å². The standard InChI is InChI=1S/C21H16N2O4/c1-22-17-12-6-5-10-15(17)21(20(22)25,14-8-3-2-4-9-14)16-11-7-13-18(19(16)24)23(26)27/h2-13,24H,1H3. The molecular formula is C21H16N2O4. The monoisotopic (exact) mass is 360 g/mol. The number of phenols is 1. The predicted octanol–water partition coefficient (Wildman–Crippen LogP) is 3.61. The molecule has 0 radical (unpaired) electrons. The minimum absolute atomic E-state index is 0.199. The van der Waals surface area contributed by atoms with Crippen LogP contribution in [0.25, 0.3) is 0 Å². The molecule has 1 aliphatic heterocycles. The van der Waals surface area contributed by atoms with Gasteiger partial charge in [0.15, 0.2) is 5.75 Å². The number of para-hydroxylation sites is 2. The van der Waals surface area contributed by atoms with Gasteiger partial charge in [0, 0.05) is 29.9 Å². The molecule has 134 valence electrons. The number of fused-ring (bicyclic) bond motifs is 1. The van der Waals surface area contributed by atoms with Crippen molar-refractivity contribution in [3.63, 3.8) is 0 Å². The molecule has 4 rings (SSSR count). The first-order chi connectivity index (χ1) is 13.0. The van der Waals surface area contributed by atoms with E-state index in [2.05, 4.69) is 0 Å². The van der Waals surface area contributed by atoms with E-state index in [-0.39, 0.29) is 11.5 Å². The molecule has 1 unspecified atom stereocenters. The van der Waals surface area contributed by atoms with Crippen molar-refractivity contribution in [2.24, 2.45) is 0 Å². The second-order valence-electron chi connectivity index (χ2n) is 6.43. The first-order valence-corrected chi connectivity index (χ1v) is 8.39. The molecule has 1 amide bonds. The number of hydrogen-bond acceptors (Lipinski definition) is 4. The lowest BCUT2D eigenvalue weighted by atomic mass is 9.69. The lowest BCUT2D eigenvalue weighted by Crippen LogP contribution is -2.40. The molecule has 6 nitrogen and oxygen atoms in total. The van der Waals surface area contributed by atoms with Crippen molar-refractivity contribution in [3.05, 3.63) is 99.6 Å². The van der Waals surface area contributed by atoms with Crippen LogP contribution in [0.4, 0.5) is 11.4 Å². The van der Waals surface area contributed by atoms with Gasteiger partial charge in [-0.2, -0.15) is 0 Å². The SMILES string of the molecule is CN1C(=O)C(c2ccccc2)(c2cccc([N+](=O)[O-])c2O)c2ccccc21. The normalized spacial score (nSPS) is 18.4. The summed E-state index contributed by atoms with van der Waals surface area (Å²) in [7, 11) is 1.67. The number of carbonyl (C=O) groups is 1. The van der Waals surface area contributed by atoms with Crippen LogP contribution in [0.15, 0.2) is 72.8 Å². The van der Waals surface area contributed by atoms with Crippen molar-refractivity contribution in [2.45, 2.75) is 5.41 Å². The van der Waals surface area contributed by atoms with E-state index >= 15 is 0 Å². The third-order valence-corrected chi connectivity index (χ3v) is 5.12. The van der Waals surface area contributed by atoms with Gasteiger partial charge in [-0.25, -0.2) is 0 Å². The van der Waals surface area contributed by atoms with Crippen LogP contribution in [-0.4, -0.2) is 23.0 Å². The van der Waals surface area contributed by atoms with Crippen LogP contribution in [0.2, 0.25) is 0 Å². The minimum atomic E-state index is -1.36. The molecule has 1 atom stereocenters. The number of aromatic hydroxyl groups is 1. The third kappa shape index (κ3) is 2.16. The highest BCUT2D eigenvalue weighted by Gasteiger charge is 2.54. The van der Waals surface area contributed by atoms with Crippen LogP contribution < -0.4 is 4.90 Å².